The lowest BCUT2D eigenvalue weighted by Crippen LogP contribution is -2.46. The van der Waals surface area contributed by atoms with Crippen molar-refractivity contribution in [1.29, 1.82) is 0 Å². The molecule has 2 N–H and O–H groups in total. The number of rotatable bonds is 6. The number of carbonyl (C=O) groups excluding carboxylic acids is 2. The Bertz CT molecular complexity index is 691. The third kappa shape index (κ3) is 5.93. The van der Waals surface area contributed by atoms with Crippen molar-refractivity contribution >= 4 is 21.8 Å². The standard InChI is InChI=1S/C16H25N3O4S/c1-6-17-24(22,23)13-9-7-12(8-10-13)15(21)19(5)11-14(20)18-16(2,3)4/h7-10,17H,6,11H2,1-5H3,(H,18,20). The highest BCUT2D eigenvalue weighted by Crippen LogP contribution is 2.12. The van der Waals surface area contributed by atoms with Gasteiger partial charge >= 0.3 is 0 Å². The second-order valence-corrected chi connectivity index (χ2v) is 8.25. The minimum atomic E-state index is -3.55. The van der Waals surface area contributed by atoms with Gasteiger partial charge in [-0.05, 0) is 45.0 Å². The highest BCUT2D eigenvalue weighted by Gasteiger charge is 2.19. The van der Waals surface area contributed by atoms with Gasteiger partial charge in [-0.3, -0.25) is 9.59 Å². The molecule has 0 saturated heterocycles. The Labute approximate surface area is 143 Å². The van der Waals surface area contributed by atoms with Crippen LogP contribution in [0, 0.1) is 0 Å². The Morgan fingerprint density at radius 3 is 2.12 bits per heavy atom. The molecule has 0 bridgehead atoms. The summed E-state index contributed by atoms with van der Waals surface area (Å²) in [5, 5.41) is 2.78. The van der Waals surface area contributed by atoms with Crippen LogP contribution in [-0.2, 0) is 14.8 Å². The van der Waals surface area contributed by atoms with E-state index in [0.29, 0.717) is 5.56 Å². The van der Waals surface area contributed by atoms with E-state index in [1.165, 1.54) is 36.2 Å². The lowest BCUT2D eigenvalue weighted by atomic mass is 10.1. The monoisotopic (exact) mass is 355 g/mol. The average molecular weight is 355 g/mol. The van der Waals surface area contributed by atoms with Crippen molar-refractivity contribution in [3.05, 3.63) is 29.8 Å². The number of carbonyl (C=O) groups is 2. The summed E-state index contributed by atoms with van der Waals surface area (Å²) in [5.74, 6) is -0.615. The zero-order valence-electron chi connectivity index (χ0n) is 14.7. The lowest BCUT2D eigenvalue weighted by Gasteiger charge is -2.23. The summed E-state index contributed by atoms with van der Waals surface area (Å²) in [4.78, 5) is 25.6. The molecular weight excluding hydrogens is 330 g/mol. The molecule has 0 radical (unpaired) electrons. The van der Waals surface area contributed by atoms with E-state index in [4.69, 9.17) is 0 Å². The van der Waals surface area contributed by atoms with Crippen LogP contribution in [0.15, 0.2) is 29.2 Å². The maximum Gasteiger partial charge on any atom is 0.254 e. The molecule has 1 rings (SSSR count). The van der Waals surface area contributed by atoms with E-state index >= 15 is 0 Å². The zero-order valence-corrected chi connectivity index (χ0v) is 15.5. The minimum Gasteiger partial charge on any atom is -0.350 e. The molecule has 24 heavy (non-hydrogen) atoms. The van der Waals surface area contributed by atoms with E-state index in [-0.39, 0.29) is 35.3 Å². The second-order valence-electron chi connectivity index (χ2n) is 6.49. The molecule has 0 unspecified atom stereocenters. The number of amides is 2. The first kappa shape index (κ1) is 20.1. The summed E-state index contributed by atoms with van der Waals surface area (Å²) in [6.45, 7) is 7.47. The molecule has 0 heterocycles. The Hall–Kier alpha value is -1.93. The Kier molecular flexibility index (Phi) is 6.50. The summed E-state index contributed by atoms with van der Waals surface area (Å²) in [5.41, 5.74) is -0.0556. The van der Waals surface area contributed by atoms with Crippen molar-refractivity contribution in [1.82, 2.24) is 14.9 Å². The molecule has 1 aromatic carbocycles. The quantitative estimate of drug-likeness (QED) is 0.795. The lowest BCUT2D eigenvalue weighted by molar-refractivity contribution is -0.122. The van der Waals surface area contributed by atoms with Gasteiger partial charge in [0.15, 0.2) is 0 Å². The smallest absolute Gasteiger partial charge is 0.254 e. The molecular formula is C16H25N3O4S. The van der Waals surface area contributed by atoms with Crippen molar-refractivity contribution in [3.63, 3.8) is 0 Å². The summed E-state index contributed by atoms with van der Waals surface area (Å²) in [7, 11) is -2.03. The van der Waals surface area contributed by atoms with Crippen LogP contribution in [0.3, 0.4) is 0 Å². The normalized spacial score (nSPS) is 11.9. The number of sulfonamides is 1. The van der Waals surface area contributed by atoms with E-state index in [9.17, 15) is 18.0 Å². The molecule has 134 valence electrons. The summed E-state index contributed by atoms with van der Waals surface area (Å²) in [6.07, 6.45) is 0. The maximum absolute atomic E-state index is 12.3. The molecule has 7 nitrogen and oxygen atoms in total. The van der Waals surface area contributed by atoms with Crippen molar-refractivity contribution in [2.75, 3.05) is 20.1 Å². The summed E-state index contributed by atoms with van der Waals surface area (Å²) >= 11 is 0. The number of hydrogen-bond donors (Lipinski definition) is 2. The third-order valence-corrected chi connectivity index (χ3v) is 4.55. The van der Waals surface area contributed by atoms with Crippen LogP contribution in [0.5, 0.6) is 0 Å². The van der Waals surface area contributed by atoms with Gasteiger partial charge in [-0.2, -0.15) is 0 Å². The van der Waals surface area contributed by atoms with Crippen LogP contribution >= 0.6 is 0 Å². The van der Waals surface area contributed by atoms with E-state index in [1.54, 1.807) is 6.92 Å². The number of nitrogens with zero attached hydrogens (tertiary/aromatic N) is 1. The summed E-state index contributed by atoms with van der Waals surface area (Å²) in [6, 6.07) is 5.61. The van der Waals surface area contributed by atoms with Crippen LogP contribution in [0.25, 0.3) is 0 Å². The van der Waals surface area contributed by atoms with Crippen LogP contribution in [0.2, 0.25) is 0 Å². The molecule has 0 saturated carbocycles. The van der Waals surface area contributed by atoms with Gasteiger partial charge in [-0.1, -0.05) is 6.92 Å². The van der Waals surface area contributed by atoms with E-state index in [1.807, 2.05) is 20.8 Å². The van der Waals surface area contributed by atoms with Gasteiger partial charge in [-0.25, -0.2) is 13.1 Å². The van der Waals surface area contributed by atoms with Crippen LogP contribution in [0.4, 0.5) is 0 Å². The average Bonchev–Trinajstić information content (AvgIpc) is 2.44. The van der Waals surface area contributed by atoms with Gasteiger partial charge in [0.05, 0.1) is 11.4 Å². The van der Waals surface area contributed by atoms with Crippen molar-refractivity contribution in [2.45, 2.75) is 38.1 Å². The fourth-order valence-corrected chi connectivity index (χ4v) is 3.06. The molecule has 0 aliphatic heterocycles. The molecule has 0 aliphatic carbocycles. The summed E-state index contributed by atoms with van der Waals surface area (Å²) < 4.78 is 26.1. The van der Waals surface area contributed by atoms with Gasteiger partial charge < -0.3 is 10.2 Å². The minimum absolute atomic E-state index is 0.0758. The van der Waals surface area contributed by atoms with Crippen molar-refractivity contribution < 1.29 is 18.0 Å². The molecule has 2 amide bonds. The van der Waals surface area contributed by atoms with Gasteiger partial charge in [0.25, 0.3) is 5.91 Å². The highest BCUT2D eigenvalue weighted by atomic mass is 32.2. The Morgan fingerprint density at radius 2 is 1.67 bits per heavy atom. The van der Waals surface area contributed by atoms with Crippen LogP contribution in [-0.4, -0.2) is 50.8 Å². The second kappa shape index (κ2) is 7.76. The Balaban J connectivity index is 2.80. The molecule has 0 atom stereocenters. The zero-order chi connectivity index (χ0) is 18.5. The highest BCUT2D eigenvalue weighted by molar-refractivity contribution is 7.89. The number of hydrogen-bond acceptors (Lipinski definition) is 4. The van der Waals surface area contributed by atoms with Crippen LogP contribution in [0.1, 0.15) is 38.1 Å². The predicted octanol–water partition coefficient (Wildman–Crippen LogP) is 0.972. The van der Waals surface area contributed by atoms with Gasteiger partial charge in [0.1, 0.15) is 0 Å². The van der Waals surface area contributed by atoms with Crippen molar-refractivity contribution in [3.8, 4) is 0 Å². The molecule has 0 fully saturated rings. The Morgan fingerprint density at radius 1 is 1.12 bits per heavy atom. The first-order valence-corrected chi connectivity index (χ1v) is 9.11. The molecule has 8 heteroatoms. The SMILES string of the molecule is CCNS(=O)(=O)c1ccc(C(=O)N(C)CC(=O)NC(C)(C)C)cc1. The number of benzene rings is 1. The van der Waals surface area contributed by atoms with E-state index in [2.05, 4.69) is 10.0 Å². The fourth-order valence-electron chi connectivity index (χ4n) is 2.02. The molecule has 1 aromatic rings. The first-order valence-electron chi connectivity index (χ1n) is 7.62. The van der Waals surface area contributed by atoms with E-state index < -0.39 is 10.0 Å². The molecule has 0 aromatic heterocycles. The van der Waals surface area contributed by atoms with Crippen LogP contribution < -0.4 is 10.0 Å². The maximum atomic E-state index is 12.3. The van der Waals surface area contributed by atoms with Crippen molar-refractivity contribution in [2.24, 2.45) is 0 Å². The topological polar surface area (TPSA) is 95.6 Å². The fraction of sp³-hybridized carbons (Fsp3) is 0.500. The first-order chi connectivity index (χ1) is 11.0. The largest absolute Gasteiger partial charge is 0.350 e. The molecule has 0 spiro atoms. The third-order valence-electron chi connectivity index (χ3n) is 2.99. The predicted molar refractivity (Wildman–Crippen MR) is 92.2 cm³/mol. The van der Waals surface area contributed by atoms with E-state index in [0.717, 1.165) is 0 Å². The number of nitrogens with one attached hydrogen (secondary N) is 2. The number of likely N-dealkylation sites (N-methyl/N-ethyl adjacent to an activating group) is 1. The van der Waals surface area contributed by atoms with Gasteiger partial charge in [0.2, 0.25) is 15.9 Å². The molecule has 0 aliphatic rings. The van der Waals surface area contributed by atoms with Gasteiger partial charge in [0, 0.05) is 24.7 Å². The van der Waals surface area contributed by atoms with Gasteiger partial charge in [-0.15, -0.1) is 0 Å².